The number of aromatic nitrogens is 1. The number of allylic oxidation sites excluding steroid dienone is 3. The Morgan fingerprint density at radius 3 is 2.24 bits per heavy atom. The minimum absolute atomic E-state index is 0.790. The standard InChI is InChI=1S/C30H19NO2/c1-31-23-9-6-12-27-21(15-13-19-7-2-4-10-25(19)32-27)29(23)30-22-16-14-20-8-3-5-11-26(20)33-28(22)18-17-24(30)31/h2-5,7-18H,1H3. The van der Waals surface area contributed by atoms with Crippen molar-refractivity contribution in [2.75, 3.05) is 0 Å². The summed E-state index contributed by atoms with van der Waals surface area (Å²) < 4.78 is 15.0. The summed E-state index contributed by atoms with van der Waals surface area (Å²) >= 11 is 0. The van der Waals surface area contributed by atoms with Gasteiger partial charge in [0.1, 0.15) is 23.0 Å². The molecule has 0 atom stereocenters. The molecule has 0 saturated carbocycles. The Labute approximate surface area is 191 Å². The summed E-state index contributed by atoms with van der Waals surface area (Å²) in [7, 11) is 2.10. The molecule has 4 aromatic rings. The van der Waals surface area contributed by atoms with Crippen molar-refractivity contribution in [1.29, 1.82) is 0 Å². The zero-order valence-electron chi connectivity index (χ0n) is 18.0. The Morgan fingerprint density at radius 1 is 0.697 bits per heavy atom. The molecular formula is C30H19NO2. The third-order valence-electron chi connectivity index (χ3n) is 6.52. The van der Waals surface area contributed by atoms with Gasteiger partial charge in [-0.1, -0.05) is 48.6 Å². The Balaban J connectivity index is 1.54. The summed E-state index contributed by atoms with van der Waals surface area (Å²) in [6.07, 6.45) is 12.6. The molecule has 3 heterocycles. The van der Waals surface area contributed by atoms with E-state index < -0.39 is 0 Å². The van der Waals surface area contributed by atoms with E-state index in [0.29, 0.717) is 0 Å². The molecule has 156 valence electrons. The third-order valence-corrected chi connectivity index (χ3v) is 6.52. The van der Waals surface area contributed by atoms with Gasteiger partial charge < -0.3 is 14.0 Å². The fourth-order valence-corrected chi connectivity index (χ4v) is 4.91. The van der Waals surface area contributed by atoms with Gasteiger partial charge >= 0.3 is 0 Å². The predicted octanol–water partition coefficient (Wildman–Crippen LogP) is 7.45. The van der Waals surface area contributed by atoms with Crippen LogP contribution in [0.5, 0.6) is 17.2 Å². The molecule has 0 fully saturated rings. The summed E-state index contributed by atoms with van der Waals surface area (Å²) in [6.45, 7) is 0. The maximum atomic E-state index is 6.40. The van der Waals surface area contributed by atoms with Crippen molar-refractivity contribution in [1.82, 2.24) is 4.57 Å². The van der Waals surface area contributed by atoms with Gasteiger partial charge in [-0.3, -0.25) is 0 Å². The molecule has 0 unspecified atom stereocenters. The van der Waals surface area contributed by atoms with Gasteiger partial charge in [-0.2, -0.15) is 0 Å². The van der Waals surface area contributed by atoms with Gasteiger partial charge in [-0.15, -0.1) is 5.73 Å². The van der Waals surface area contributed by atoms with Crippen LogP contribution in [0.4, 0.5) is 0 Å². The number of rotatable bonds is 0. The molecule has 7 rings (SSSR count). The topological polar surface area (TPSA) is 23.4 Å². The molecule has 0 spiro atoms. The maximum Gasteiger partial charge on any atom is 0.143 e. The molecule has 3 aromatic carbocycles. The first-order valence-electron chi connectivity index (χ1n) is 11.0. The Kier molecular flexibility index (Phi) is 3.72. The normalized spacial score (nSPS) is 14.8. The van der Waals surface area contributed by atoms with Gasteiger partial charge in [-0.25, -0.2) is 0 Å². The Hall–Kier alpha value is -4.46. The van der Waals surface area contributed by atoms with Crippen molar-refractivity contribution in [3.8, 4) is 17.2 Å². The first kappa shape index (κ1) is 18.1. The first-order chi connectivity index (χ1) is 16.3. The van der Waals surface area contributed by atoms with Crippen molar-refractivity contribution >= 4 is 40.8 Å². The van der Waals surface area contributed by atoms with Gasteiger partial charge in [0.05, 0.1) is 5.69 Å². The van der Waals surface area contributed by atoms with Crippen LogP contribution in [-0.4, -0.2) is 4.57 Å². The van der Waals surface area contributed by atoms with Crippen molar-refractivity contribution in [2.24, 2.45) is 7.05 Å². The maximum absolute atomic E-state index is 6.40. The van der Waals surface area contributed by atoms with Crippen LogP contribution in [-0.2, 0) is 7.05 Å². The molecule has 33 heavy (non-hydrogen) atoms. The van der Waals surface area contributed by atoms with E-state index in [-0.39, 0.29) is 0 Å². The summed E-state index contributed by atoms with van der Waals surface area (Å²) in [5.74, 6) is 3.35. The van der Waals surface area contributed by atoms with Crippen LogP contribution in [0, 0.1) is 0 Å². The minimum Gasteiger partial charge on any atom is -0.456 e. The van der Waals surface area contributed by atoms with Gasteiger partial charge in [0.25, 0.3) is 0 Å². The summed E-state index contributed by atoms with van der Waals surface area (Å²) in [5.41, 5.74) is 10.9. The molecule has 1 aromatic heterocycles. The highest BCUT2D eigenvalue weighted by Crippen LogP contribution is 2.45. The van der Waals surface area contributed by atoms with E-state index in [2.05, 4.69) is 65.9 Å². The second-order valence-electron chi connectivity index (χ2n) is 8.37. The average Bonchev–Trinajstić information content (AvgIpc) is 3.06. The summed E-state index contributed by atoms with van der Waals surface area (Å²) in [5, 5.41) is 1.15. The molecule has 3 heteroatoms. The number of ether oxygens (including phenoxy) is 2. The lowest BCUT2D eigenvalue weighted by Gasteiger charge is -2.12. The van der Waals surface area contributed by atoms with Gasteiger partial charge in [-0.05, 0) is 36.4 Å². The Morgan fingerprint density at radius 2 is 1.42 bits per heavy atom. The second-order valence-corrected chi connectivity index (χ2v) is 8.37. The highest BCUT2D eigenvalue weighted by atomic mass is 16.5. The molecule has 0 bridgehead atoms. The van der Waals surface area contributed by atoms with Gasteiger partial charge in [0, 0.05) is 57.9 Å². The van der Waals surface area contributed by atoms with Crippen LogP contribution < -0.4 is 9.47 Å². The lowest BCUT2D eigenvalue weighted by Crippen LogP contribution is -1.97. The largest absolute Gasteiger partial charge is 0.456 e. The number of benzene rings is 3. The number of hydrogen-bond donors (Lipinski definition) is 0. The van der Waals surface area contributed by atoms with Crippen LogP contribution in [0.1, 0.15) is 27.9 Å². The molecule has 0 saturated heterocycles. The highest BCUT2D eigenvalue weighted by molar-refractivity contribution is 6.08. The lowest BCUT2D eigenvalue weighted by atomic mass is 9.96. The van der Waals surface area contributed by atoms with E-state index in [4.69, 9.17) is 9.47 Å². The number of hydrogen-bond acceptors (Lipinski definition) is 2. The Bertz CT molecular complexity index is 1650. The van der Waals surface area contributed by atoms with Crippen molar-refractivity contribution < 1.29 is 9.47 Å². The molecule has 2 aliphatic heterocycles. The smallest absolute Gasteiger partial charge is 0.143 e. The number of aryl methyl sites for hydroxylation is 1. The highest BCUT2D eigenvalue weighted by Gasteiger charge is 2.26. The van der Waals surface area contributed by atoms with E-state index in [0.717, 1.165) is 67.4 Å². The minimum atomic E-state index is 0.790. The lowest BCUT2D eigenvalue weighted by molar-refractivity contribution is 0.447. The van der Waals surface area contributed by atoms with Crippen molar-refractivity contribution in [3.63, 3.8) is 0 Å². The SMILES string of the molecule is Cn1c2c(c3c4c(ccc31)Oc1ccccc1C=C4)C1=C(C=C=C2)Oc2ccccc2C=C1. The molecule has 0 N–H and O–H groups in total. The summed E-state index contributed by atoms with van der Waals surface area (Å²) in [6, 6.07) is 20.4. The van der Waals surface area contributed by atoms with E-state index in [1.165, 1.54) is 0 Å². The van der Waals surface area contributed by atoms with Crippen LogP contribution in [0.2, 0.25) is 0 Å². The van der Waals surface area contributed by atoms with E-state index in [9.17, 15) is 0 Å². The van der Waals surface area contributed by atoms with E-state index in [1.54, 1.807) is 0 Å². The van der Waals surface area contributed by atoms with Crippen LogP contribution >= 0.6 is 0 Å². The van der Waals surface area contributed by atoms with Crippen LogP contribution in [0.25, 0.3) is 40.8 Å². The molecule has 3 aliphatic rings. The fourth-order valence-electron chi connectivity index (χ4n) is 4.91. The molecule has 3 nitrogen and oxygen atoms in total. The number of nitrogens with zero attached hydrogens (tertiary/aromatic N) is 1. The zero-order valence-corrected chi connectivity index (χ0v) is 18.0. The molecule has 0 amide bonds. The number of fused-ring (bicyclic) bond motifs is 8. The van der Waals surface area contributed by atoms with Crippen LogP contribution in [0.3, 0.4) is 0 Å². The first-order valence-corrected chi connectivity index (χ1v) is 11.0. The van der Waals surface area contributed by atoms with Crippen molar-refractivity contribution in [2.45, 2.75) is 0 Å². The zero-order chi connectivity index (χ0) is 21.9. The molecular weight excluding hydrogens is 406 g/mol. The van der Waals surface area contributed by atoms with E-state index in [1.807, 2.05) is 48.6 Å². The average molecular weight is 425 g/mol. The monoisotopic (exact) mass is 425 g/mol. The number of para-hydroxylation sites is 2. The fraction of sp³-hybridized carbons (Fsp3) is 0.0333. The van der Waals surface area contributed by atoms with Gasteiger partial charge in [0.15, 0.2) is 0 Å². The van der Waals surface area contributed by atoms with Crippen LogP contribution in [0.15, 0.2) is 84.3 Å². The predicted molar refractivity (Wildman–Crippen MR) is 134 cm³/mol. The quantitative estimate of drug-likeness (QED) is 0.241. The molecule has 1 aliphatic carbocycles. The van der Waals surface area contributed by atoms with Crippen molar-refractivity contribution in [3.05, 3.63) is 112 Å². The molecule has 0 radical (unpaired) electrons. The van der Waals surface area contributed by atoms with E-state index >= 15 is 0 Å². The third kappa shape index (κ3) is 2.64. The summed E-state index contributed by atoms with van der Waals surface area (Å²) in [4.78, 5) is 0. The van der Waals surface area contributed by atoms with Gasteiger partial charge in [0.2, 0.25) is 0 Å². The second kappa shape index (κ2) is 6.77.